The van der Waals surface area contributed by atoms with Gasteiger partial charge in [-0.15, -0.1) is 0 Å². The maximum absolute atomic E-state index is 11.8. The Labute approximate surface area is 77.6 Å². The van der Waals surface area contributed by atoms with Gasteiger partial charge in [-0.2, -0.15) is 0 Å². The third-order valence-corrected chi connectivity index (χ3v) is 4.34. The highest BCUT2D eigenvalue weighted by molar-refractivity contribution is 5.91. The van der Waals surface area contributed by atoms with E-state index in [0.717, 1.165) is 12.8 Å². The first-order valence-electron chi connectivity index (χ1n) is 5.07. The standard InChI is InChI=1S/C11H14O2/c1-11(13)8-4-5-9(11)7-3-2-6(8)10(7)12/h2-3,6-9,13H,4-5H2,1H3/t6-,7+,8-,9+,11?. The predicted molar refractivity (Wildman–Crippen MR) is 48.0 cm³/mol. The van der Waals surface area contributed by atoms with Gasteiger partial charge in [0.15, 0.2) is 0 Å². The Balaban J connectivity index is 2.13. The first-order valence-corrected chi connectivity index (χ1v) is 5.07. The third kappa shape index (κ3) is 0.715. The van der Waals surface area contributed by atoms with E-state index in [1.54, 1.807) is 0 Å². The van der Waals surface area contributed by atoms with Crippen molar-refractivity contribution in [2.24, 2.45) is 23.7 Å². The Morgan fingerprint density at radius 3 is 2.23 bits per heavy atom. The van der Waals surface area contributed by atoms with Crippen LogP contribution in [0.25, 0.3) is 0 Å². The minimum atomic E-state index is -0.591. The smallest absolute Gasteiger partial charge is 0.147 e. The van der Waals surface area contributed by atoms with Gasteiger partial charge in [0.2, 0.25) is 0 Å². The minimum Gasteiger partial charge on any atom is -0.390 e. The number of carbonyl (C=O) groups excluding carboxylic acids is 1. The fraction of sp³-hybridized carbons (Fsp3) is 0.727. The van der Waals surface area contributed by atoms with Crippen molar-refractivity contribution in [1.82, 2.24) is 0 Å². The van der Waals surface area contributed by atoms with E-state index < -0.39 is 5.60 Å². The van der Waals surface area contributed by atoms with Crippen molar-refractivity contribution >= 4 is 5.78 Å². The van der Waals surface area contributed by atoms with Crippen LogP contribution in [0.5, 0.6) is 0 Å². The molecule has 0 aromatic heterocycles. The van der Waals surface area contributed by atoms with Crippen molar-refractivity contribution in [3.05, 3.63) is 12.2 Å². The lowest BCUT2D eigenvalue weighted by Gasteiger charge is -2.40. The first-order chi connectivity index (χ1) is 6.12. The summed E-state index contributed by atoms with van der Waals surface area (Å²) < 4.78 is 0. The summed E-state index contributed by atoms with van der Waals surface area (Å²) in [6.07, 6.45) is 6.08. The van der Waals surface area contributed by atoms with Crippen molar-refractivity contribution in [1.29, 1.82) is 0 Å². The van der Waals surface area contributed by atoms with Crippen LogP contribution in [0.3, 0.4) is 0 Å². The molecular formula is C11H14O2. The number of hydrogen-bond donors (Lipinski definition) is 1. The molecule has 3 aliphatic carbocycles. The van der Waals surface area contributed by atoms with E-state index in [2.05, 4.69) is 0 Å². The fourth-order valence-corrected chi connectivity index (χ4v) is 3.62. The number of Topliss-reactive ketones (excluding diaryl/α,β-unsaturated/α-hetero) is 1. The van der Waals surface area contributed by atoms with Gasteiger partial charge in [-0.3, -0.25) is 4.79 Å². The Morgan fingerprint density at radius 2 is 1.77 bits per heavy atom. The summed E-state index contributed by atoms with van der Waals surface area (Å²) in [5.41, 5.74) is -0.591. The number of rotatable bonds is 0. The minimum absolute atomic E-state index is 0.0266. The van der Waals surface area contributed by atoms with E-state index in [9.17, 15) is 9.90 Å². The van der Waals surface area contributed by atoms with Crippen molar-refractivity contribution in [2.45, 2.75) is 25.4 Å². The Hall–Kier alpha value is -0.630. The van der Waals surface area contributed by atoms with Crippen LogP contribution >= 0.6 is 0 Å². The zero-order chi connectivity index (χ0) is 9.22. The molecule has 3 aliphatic rings. The van der Waals surface area contributed by atoms with E-state index >= 15 is 0 Å². The van der Waals surface area contributed by atoms with E-state index in [1.807, 2.05) is 19.1 Å². The van der Waals surface area contributed by atoms with Crippen molar-refractivity contribution in [3.63, 3.8) is 0 Å². The Kier molecular flexibility index (Phi) is 1.23. The molecule has 5 atom stereocenters. The van der Waals surface area contributed by atoms with E-state index in [4.69, 9.17) is 0 Å². The maximum atomic E-state index is 11.8. The molecule has 70 valence electrons. The zero-order valence-electron chi connectivity index (χ0n) is 7.73. The van der Waals surface area contributed by atoms with Crippen LogP contribution in [0.4, 0.5) is 0 Å². The molecule has 2 nitrogen and oxygen atoms in total. The second-order valence-electron chi connectivity index (χ2n) is 4.85. The zero-order valence-corrected chi connectivity index (χ0v) is 7.73. The lowest BCUT2D eigenvalue weighted by molar-refractivity contribution is -0.140. The number of ketones is 1. The van der Waals surface area contributed by atoms with Gasteiger partial charge >= 0.3 is 0 Å². The summed E-state index contributed by atoms with van der Waals surface area (Å²) in [7, 11) is 0. The summed E-state index contributed by atoms with van der Waals surface area (Å²) in [5.74, 6) is 0.802. The first kappa shape index (κ1) is 7.74. The highest BCUT2D eigenvalue weighted by atomic mass is 16.3. The summed E-state index contributed by atoms with van der Waals surface area (Å²) in [6.45, 7) is 1.91. The van der Waals surface area contributed by atoms with Gasteiger partial charge in [0.05, 0.1) is 5.60 Å². The number of aliphatic hydroxyl groups is 1. The molecule has 0 aliphatic heterocycles. The SMILES string of the molecule is CC1(O)[C@@H]2CC[C@H]1[C@@H]1C=C[C@H]2C1=O. The lowest BCUT2D eigenvalue weighted by atomic mass is 9.68. The number of allylic oxidation sites excluding steroid dienone is 2. The number of carbonyl (C=O) groups is 1. The molecule has 0 aromatic rings. The Morgan fingerprint density at radius 1 is 1.31 bits per heavy atom. The lowest BCUT2D eigenvalue weighted by Crippen LogP contribution is -2.49. The molecule has 2 fully saturated rings. The molecule has 2 heteroatoms. The molecule has 13 heavy (non-hydrogen) atoms. The summed E-state index contributed by atoms with van der Waals surface area (Å²) in [5, 5.41) is 10.3. The molecule has 0 spiro atoms. The predicted octanol–water partition coefficient (Wildman–Crippen LogP) is 1.15. The van der Waals surface area contributed by atoms with Gasteiger partial charge in [-0.05, 0) is 19.8 Å². The maximum Gasteiger partial charge on any atom is 0.147 e. The molecule has 2 saturated carbocycles. The largest absolute Gasteiger partial charge is 0.390 e. The van der Waals surface area contributed by atoms with E-state index in [0.29, 0.717) is 5.78 Å². The second-order valence-corrected chi connectivity index (χ2v) is 4.85. The van der Waals surface area contributed by atoms with Gasteiger partial charge in [-0.1, -0.05) is 12.2 Å². The van der Waals surface area contributed by atoms with Gasteiger partial charge in [0.25, 0.3) is 0 Å². The van der Waals surface area contributed by atoms with Gasteiger partial charge in [0.1, 0.15) is 5.78 Å². The molecule has 0 aromatic carbocycles. The van der Waals surface area contributed by atoms with Crippen LogP contribution in [0.1, 0.15) is 19.8 Å². The topological polar surface area (TPSA) is 37.3 Å². The normalized spacial score (nSPS) is 57.5. The van der Waals surface area contributed by atoms with Gasteiger partial charge in [-0.25, -0.2) is 0 Å². The van der Waals surface area contributed by atoms with Crippen LogP contribution in [0.15, 0.2) is 12.2 Å². The quantitative estimate of drug-likeness (QED) is 0.565. The van der Waals surface area contributed by atoms with Gasteiger partial charge < -0.3 is 5.11 Å². The molecule has 0 amide bonds. The van der Waals surface area contributed by atoms with Crippen molar-refractivity contribution < 1.29 is 9.90 Å². The number of fused-ring (bicyclic) bond motifs is 6. The second kappa shape index (κ2) is 2.06. The van der Waals surface area contributed by atoms with E-state index in [1.165, 1.54) is 0 Å². The van der Waals surface area contributed by atoms with Crippen LogP contribution < -0.4 is 0 Å². The molecule has 0 saturated heterocycles. The average molecular weight is 178 g/mol. The van der Waals surface area contributed by atoms with Crippen molar-refractivity contribution in [2.75, 3.05) is 0 Å². The molecule has 1 N–H and O–H groups in total. The summed E-state index contributed by atoms with van der Waals surface area (Å²) >= 11 is 0. The third-order valence-electron chi connectivity index (χ3n) is 4.34. The van der Waals surface area contributed by atoms with E-state index in [-0.39, 0.29) is 23.7 Å². The molecule has 0 heterocycles. The molecular weight excluding hydrogens is 164 g/mol. The molecule has 4 bridgehead atoms. The molecule has 0 radical (unpaired) electrons. The summed E-state index contributed by atoms with van der Waals surface area (Å²) in [4.78, 5) is 11.8. The molecule has 1 unspecified atom stereocenters. The highest BCUT2D eigenvalue weighted by Gasteiger charge is 2.60. The van der Waals surface area contributed by atoms with Gasteiger partial charge in [0, 0.05) is 23.7 Å². The van der Waals surface area contributed by atoms with Crippen molar-refractivity contribution in [3.8, 4) is 0 Å². The van der Waals surface area contributed by atoms with Crippen LogP contribution in [-0.4, -0.2) is 16.5 Å². The highest BCUT2D eigenvalue weighted by Crippen LogP contribution is 2.56. The average Bonchev–Trinajstić information content (AvgIpc) is 2.36. The molecule has 3 rings (SSSR count). The van der Waals surface area contributed by atoms with Crippen LogP contribution in [0, 0.1) is 23.7 Å². The Bertz CT molecular complexity index is 277. The summed E-state index contributed by atoms with van der Waals surface area (Å²) in [6, 6.07) is 0. The number of hydrogen-bond acceptors (Lipinski definition) is 2. The van der Waals surface area contributed by atoms with Crippen LogP contribution in [-0.2, 0) is 4.79 Å². The fourth-order valence-electron chi connectivity index (χ4n) is 3.62. The monoisotopic (exact) mass is 178 g/mol. The van der Waals surface area contributed by atoms with Crippen LogP contribution in [0.2, 0.25) is 0 Å².